The van der Waals surface area contributed by atoms with Crippen LogP contribution in [0.5, 0.6) is 11.5 Å². The first-order valence-corrected chi connectivity index (χ1v) is 6.72. The Kier molecular flexibility index (Phi) is 6.05. The summed E-state index contributed by atoms with van der Waals surface area (Å²) in [4.78, 5) is 0. The van der Waals surface area contributed by atoms with E-state index in [0.717, 1.165) is 18.7 Å². The molecule has 21 heavy (non-hydrogen) atoms. The molecule has 2 rings (SSSR count). The van der Waals surface area contributed by atoms with Gasteiger partial charge in [0.2, 0.25) is 0 Å². The maximum Gasteiger partial charge on any atom is 0.174 e. The molecule has 1 aromatic carbocycles. The van der Waals surface area contributed by atoms with Crippen LogP contribution in [-0.2, 0) is 17.9 Å². The highest BCUT2D eigenvalue weighted by atomic mass is 16.5. The highest BCUT2D eigenvalue weighted by Gasteiger charge is 2.07. The van der Waals surface area contributed by atoms with Crippen LogP contribution in [0.2, 0.25) is 0 Å². The second-order valence-corrected chi connectivity index (χ2v) is 4.42. The van der Waals surface area contributed by atoms with E-state index in [-0.39, 0.29) is 0 Å². The third-order valence-electron chi connectivity index (χ3n) is 2.90. The molecule has 6 heteroatoms. The van der Waals surface area contributed by atoms with Gasteiger partial charge in [0.1, 0.15) is 6.61 Å². The maximum absolute atomic E-state index is 5.67. The number of ether oxygens (including phenoxy) is 3. The molecule has 2 aromatic rings. The van der Waals surface area contributed by atoms with Crippen LogP contribution >= 0.6 is 0 Å². The number of aromatic nitrogens is 1. The summed E-state index contributed by atoms with van der Waals surface area (Å²) in [5.41, 5.74) is 1.12. The molecule has 0 spiro atoms. The molecule has 0 saturated carbocycles. The van der Waals surface area contributed by atoms with Crippen molar-refractivity contribution in [1.82, 2.24) is 10.5 Å². The lowest BCUT2D eigenvalue weighted by atomic mass is 10.2. The average molecular weight is 292 g/mol. The van der Waals surface area contributed by atoms with Gasteiger partial charge in [-0.3, -0.25) is 0 Å². The number of nitrogens with zero attached hydrogens (tertiary/aromatic N) is 1. The molecular formula is C15H20N2O4. The SMILES string of the molecule is COCCNCc1ccc(OCc2ccno2)c(OC)c1. The van der Waals surface area contributed by atoms with E-state index >= 15 is 0 Å². The van der Waals surface area contributed by atoms with Crippen LogP contribution in [0, 0.1) is 0 Å². The maximum atomic E-state index is 5.67. The molecule has 0 amide bonds. The summed E-state index contributed by atoms with van der Waals surface area (Å²) in [6.07, 6.45) is 1.59. The fourth-order valence-corrected chi connectivity index (χ4v) is 1.81. The second-order valence-electron chi connectivity index (χ2n) is 4.42. The van der Waals surface area contributed by atoms with Crippen molar-refractivity contribution in [3.8, 4) is 11.5 Å². The Hall–Kier alpha value is -2.05. The third kappa shape index (κ3) is 4.77. The quantitative estimate of drug-likeness (QED) is 0.713. The molecule has 6 nitrogen and oxygen atoms in total. The number of hydrogen-bond donors (Lipinski definition) is 1. The Balaban J connectivity index is 1.92. The fourth-order valence-electron chi connectivity index (χ4n) is 1.81. The van der Waals surface area contributed by atoms with Crippen LogP contribution in [0.3, 0.4) is 0 Å². The van der Waals surface area contributed by atoms with Crippen LogP contribution < -0.4 is 14.8 Å². The minimum Gasteiger partial charge on any atom is -0.493 e. The normalized spacial score (nSPS) is 10.6. The largest absolute Gasteiger partial charge is 0.493 e. The molecule has 114 valence electrons. The summed E-state index contributed by atoms with van der Waals surface area (Å²) in [6.45, 7) is 2.57. The molecule has 1 aromatic heterocycles. The summed E-state index contributed by atoms with van der Waals surface area (Å²) in [6, 6.07) is 7.61. The smallest absolute Gasteiger partial charge is 0.174 e. The molecule has 0 aliphatic rings. The Morgan fingerprint density at radius 1 is 1.19 bits per heavy atom. The standard InChI is InChI=1S/C15H20N2O4/c1-18-8-7-16-10-12-3-4-14(15(9-12)19-2)20-11-13-5-6-17-21-13/h3-6,9,16H,7-8,10-11H2,1-2H3. The first-order valence-electron chi connectivity index (χ1n) is 6.72. The Morgan fingerprint density at radius 2 is 2.10 bits per heavy atom. The molecule has 0 radical (unpaired) electrons. The van der Waals surface area contributed by atoms with Gasteiger partial charge < -0.3 is 24.1 Å². The highest BCUT2D eigenvalue weighted by Crippen LogP contribution is 2.28. The van der Waals surface area contributed by atoms with E-state index in [9.17, 15) is 0 Å². The van der Waals surface area contributed by atoms with Gasteiger partial charge in [-0.25, -0.2) is 0 Å². The highest BCUT2D eigenvalue weighted by molar-refractivity contribution is 5.43. The number of benzene rings is 1. The molecule has 0 saturated heterocycles. The Morgan fingerprint density at radius 3 is 2.81 bits per heavy atom. The van der Waals surface area contributed by atoms with E-state index in [0.29, 0.717) is 30.5 Å². The predicted molar refractivity (Wildman–Crippen MR) is 77.4 cm³/mol. The van der Waals surface area contributed by atoms with E-state index in [1.165, 1.54) is 0 Å². The number of methoxy groups -OCH3 is 2. The van der Waals surface area contributed by atoms with Gasteiger partial charge in [-0.05, 0) is 17.7 Å². The van der Waals surface area contributed by atoms with E-state index in [4.69, 9.17) is 18.7 Å². The van der Waals surface area contributed by atoms with Crippen LogP contribution in [0.15, 0.2) is 35.0 Å². The van der Waals surface area contributed by atoms with Gasteiger partial charge in [0.25, 0.3) is 0 Å². The topological polar surface area (TPSA) is 65.8 Å². The van der Waals surface area contributed by atoms with Crippen molar-refractivity contribution >= 4 is 0 Å². The van der Waals surface area contributed by atoms with Crippen molar-refractivity contribution in [1.29, 1.82) is 0 Å². The molecular weight excluding hydrogens is 272 g/mol. The predicted octanol–water partition coefficient (Wildman–Crippen LogP) is 2.00. The van der Waals surface area contributed by atoms with Crippen LogP contribution in [0.25, 0.3) is 0 Å². The molecule has 0 unspecified atom stereocenters. The van der Waals surface area contributed by atoms with E-state index in [1.807, 2.05) is 18.2 Å². The first kappa shape index (κ1) is 15.3. The lowest BCUT2D eigenvalue weighted by Crippen LogP contribution is -2.18. The summed E-state index contributed by atoms with van der Waals surface area (Å²) in [5.74, 6) is 2.04. The number of rotatable bonds is 9. The number of hydrogen-bond acceptors (Lipinski definition) is 6. The average Bonchev–Trinajstić information content (AvgIpc) is 3.03. The van der Waals surface area contributed by atoms with Crippen LogP contribution in [0.4, 0.5) is 0 Å². The van der Waals surface area contributed by atoms with Gasteiger partial charge in [-0.1, -0.05) is 11.2 Å². The van der Waals surface area contributed by atoms with Crippen molar-refractivity contribution in [3.63, 3.8) is 0 Å². The van der Waals surface area contributed by atoms with Crippen molar-refractivity contribution in [2.24, 2.45) is 0 Å². The van der Waals surface area contributed by atoms with Crippen molar-refractivity contribution in [2.75, 3.05) is 27.4 Å². The van der Waals surface area contributed by atoms with Gasteiger partial charge in [0.05, 0.1) is 19.9 Å². The molecule has 0 aliphatic carbocycles. The van der Waals surface area contributed by atoms with Crippen LogP contribution in [-0.4, -0.2) is 32.5 Å². The van der Waals surface area contributed by atoms with Gasteiger partial charge in [0, 0.05) is 26.3 Å². The van der Waals surface area contributed by atoms with Crippen LogP contribution in [0.1, 0.15) is 11.3 Å². The summed E-state index contributed by atoms with van der Waals surface area (Å²) < 4.78 is 21.0. The molecule has 1 heterocycles. The molecule has 0 atom stereocenters. The van der Waals surface area contributed by atoms with Crippen molar-refractivity contribution < 1.29 is 18.7 Å². The first-order chi connectivity index (χ1) is 10.3. The lowest BCUT2D eigenvalue weighted by Gasteiger charge is -2.11. The van der Waals surface area contributed by atoms with Gasteiger partial charge in [-0.15, -0.1) is 0 Å². The van der Waals surface area contributed by atoms with E-state index in [2.05, 4.69) is 10.5 Å². The van der Waals surface area contributed by atoms with Crippen molar-refractivity contribution in [3.05, 3.63) is 41.8 Å². The van der Waals surface area contributed by atoms with Crippen molar-refractivity contribution in [2.45, 2.75) is 13.2 Å². The lowest BCUT2D eigenvalue weighted by molar-refractivity contribution is 0.199. The van der Waals surface area contributed by atoms with E-state index in [1.54, 1.807) is 26.5 Å². The minimum atomic E-state index is 0.321. The fraction of sp³-hybridized carbons (Fsp3) is 0.400. The second kappa shape index (κ2) is 8.28. The van der Waals surface area contributed by atoms with E-state index < -0.39 is 0 Å². The molecule has 0 bridgehead atoms. The third-order valence-corrected chi connectivity index (χ3v) is 2.90. The Bertz CT molecular complexity index is 528. The summed E-state index contributed by atoms with van der Waals surface area (Å²) in [5, 5.41) is 6.92. The van der Waals surface area contributed by atoms with Gasteiger partial charge in [-0.2, -0.15) is 0 Å². The zero-order chi connectivity index (χ0) is 14.9. The minimum absolute atomic E-state index is 0.321. The number of nitrogens with one attached hydrogen (secondary N) is 1. The zero-order valence-corrected chi connectivity index (χ0v) is 12.3. The zero-order valence-electron chi connectivity index (χ0n) is 12.3. The van der Waals surface area contributed by atoms with Gasteiger partial charge >= 0.3 is 0 Å². The monoisotopic (exact) mass is 292 g/mol. The molecule has 0 fully saturated rings. The molecule has 0 aliphatic heterocycles. The molecule has 1 N–H and O–H groups in total. The Labute approximate surface area is 124 Å². The summed E-state index contributed by atoms with van der Waals surface area (Å²) >= 11 is 0. The van der Waals surface area contributed by atoms with Gasteiger partial charge in [0.15, 0.2) is 17.3 Å². The summed E-state index contributed by atoms with van der Waals surface area (Å²) in [7, 11) is 3.31.